The molecule has 2 aromatic rings. The highest BCUT2D eigenvalue weighted by Gasteiger charge is 2.44. The van der Waals surface area contributed by atoms with E-state index >= 15 is 0 Å². The molecule has 0 aromatic heterocycles. The van der Waals surface area contributed by atoms with Gasteiger partial charge in [-0.05, 0) is 23.1 Å². The highest BCUT2D eigenvalue weighted by molar-refractivity contribution is 5.99. The lowest BCUT2D eigenvalue weighted by atomic mass is 9.85. The van der Waals surface area contributed by atoms with Crippen LogP contribution in [-0.2, 0) is 9.53 Å². The molecule has 0 fully saturated rings. The standard InChI is InChI=1S/C24H20O2/c25-20-12-7-13-21-23(20)19-15-14-18(24(19)26-21)22(16-8-3-1-4-9-16)17-10-5-2-6-11-17/h1-6,8-11,14-15,19,24H,7,12-13H2/t19-,24-/m0/s1. The van der Waals surface area contributed by atoms with E-state index in [1.807, 2.05) is 12.1 Å². The largest absolute Gasteiger partial charge is 0.489 e. The average Bonchev–Trinajstić information content (AvgIpc) is 3.24. The molecule has 1 aliphatic heterocycles. The van der Waals surface area contributed by atoms with Crippen molar-refractivity contribution in [3.05, 3.63) is 101 Å². The SMILES string of the molecule is O=C1CCCC2=C1[C@@H]1C=CC(=C(c3ccccc3)c3ccccc3)[C@@H]1O2. The van der Waals surface area contributed by atoms with Crippen LogP contribution >= 0.6 is 0 Å². The fraction of sp³-hybridized carbons (Fsp3) is 0.208. The van der Waals surface area contributed by atoms with Gasteiger partial charge in [0.25, 0.3) is 0 Å². The third-order valence-electron chi connectivity index (χ3n) is 5.54. The minimum absolute atomic E-state index is 0.0718. The van der Waals surface area contributed by atoms with Crippen LogP contribution in [0.1, 0.15) is 30.4 Å². The Balaban J connectivity index is 1.65. The fourth-order valence-corrected chi connectivity index (χ4v) is 4.40. The van der Waals surface area contributed by atoms with Crippen molar-refractivity contribution in [1.82, 2.24) is 0 Å². The summed E-state index contributed by atoms with van der Waals surface area (Å²) < 4.78 is 6.33. The summed E-state index contributed by atoms with van der Waals surface area (Å²) in [7, 11) is 0. The normalized spacial score (nSPS) is 23.7. The average molecular weight is 340 g/mol. The molecule has 2 aromatic carbocycles. The minimum atomic E-state index is -0.0718. The first kappa shape index (κ1) is 15.4. The summed E-state index contributed by atoms with van der Waals surface area (Å²) >= 11 is 0. The van der Waals surface area contributed by atoms with Gasteiger partial charge in [-0.1, -0.05) is 72.8 Å². The van der Waals surface area contributed by atoms with Crippen LogP contribution < -0.4 is 0 Å². The van der Waals surface area contributed by atoms with Gasteiger partial charge in [0.15, 0.2) is 5.78 Å². The van der Waals surface area contributed by atoms with Crippen LogP contribution in [0, 0.1) is 5.92 Å². The molecular formula is C24H20O2. The summed E-state index contributed by atoms with van der Waals surface area (Å²) in [6.07, 6.45) is 6.71. The number of rotatable bonds is 2. The Labute approximate surface area is 153 Å². The Morgan fingerprint density at radius 3 is 2.19 bits per heavy atom. The van der Waals surface area contributed by atoms with Gasteiger partial charge in [0.2, 0.25) is 0 Å². The smallest absolute Gasteiger partial charge is 0.162 e. The molecule has 26 heavy (non-hydrogen) atoms. The maximum Gasteiger partial charge on any atom is 0.162 e. The second-order valence-corrected chi connectivity index (χ2v) is 7.10. The Bertz CT molecular complexity index is 907. The van der Waals surface area contributed by atoms with Crippen molar-refractivity contribution in [2.45, 2.75) is 25.4 Å². The molecule has 2 nitrogen and oxygen atoms in total. The maximum atomic E-state index is 12.4. The van der Waals surface area contributed by atoms with Crippen molar-refractivity contribution >= 4 is 11.4 Å². The van der Waals surface area contributed by atoms with Crippen LogP contribution in [0.3, 0.4) is 0 Å². The second-order valence-electron chi connectivity index (χ2n) is 7.10. The van der Waals surface area contributed by atoms with Gasteiger partial charge in [-0.3, -0.25) is 4.79 Å². The van der Waals surface area contributed by atoms with E-state index in [-0.39, 0.29) is 17.8 Å². The molecule has 3 aliphatic rings. The Hall–Kier alpha value is -2.87. The fourth-order valence-electron chi connectivity index (χ4n) is 4.40. The first-order valence-electron chi connectivity index (χ1n) is 9.29. The molecule has 0 radical (unpaired) electrons. The monoisotopic (exact) mass is 340 g/mol. The van der Waals surface area contributed by atoms with Gasteiger partial charge in [-0.15, -0.1) is 0 Å². The molecule has 0 saturated heterocycles. The third kappa shape index (κ3) is 2.37. The van der Waals surface area contributed by atoms with Crippen LogP contribution in [0.4, 0.5) is 0 Å². The van der Waals surface area contributed by atoms with Crippen molar-refractivity contribution in [2.24, 2.45) is 5.92 Å². The number of fused-ring (bicyclic) bond motifs is 2. The lowest BCUT2D eigenvalue weighted by molar-refractivity contribution is -0.116. The first-order valence-corrected chi connectivity index (χ1v) is 9.29. The van der Waals surface area contributed by atoms with E-state index in [0.717, 1.165) is 24.2 Å². The minimum Gasteiger partial charge on any atom is -0.489 e. The summed E-state index contributed by atoms with van der Waals surface area (Å²) in [5, 5.41) is 0. The van der Waals surface area contributed by atoms with Crippen molar-refractivity contribution in [1.29, 1.82) is 0 Å². The van der Waals surface area contributed by atoms with Gasteiger partial charge in [0.05, 0.1) is 5.92 Å². The van der Waals surface area contributed by atoms with E-state index in [1.54, 1.807) is 0 Å². The van der Waals surface area contributed by atoms with Gasteiger partial charge in [-0.25, -0.2) is 0 Å². The second kappa shape index (κ2) is 6.14. The van der Waals surface area contributed by atoms with Crippen LogP contribution in [-0.4, -0.2) is 11.9 Å². The predicted molar refractivity (Wildman–Crippen MR) is 102 cm³/mol. The molecule has 0 N–H and O–H groups in total. The highest BCUT2D eigenvalue weighted by atomic mass is 16.5. The molecule has 2 atom stereocenters. The molecule has 0 unspecified atom stereocenters. The number of hydrogen-bond donors (Lipinski definition) is 0. The number of carbonyl (C=O) groups is 1. The molecule has 2 heteroatoms. The van der Waals surface area contributed by atoms with E-state index in [4.69, 9.17) is 4.74 Å². The van der Waals surface area contributed by atoms with Gasteiger partial charge in [-0.2, -0.15) is 0 Å². The Morgan fingerprint density at radius 2 is 1.54 bits per heavy atom. The van der Waals surface area contributed by atoms with Crippen LogP contribution in [0.25, 0.3) is 5.57 Å². The Morgan fingerprint density at radius 1 is 0.885 bits per heavy atom. The molecule has 0 amide bonds. The molecular weight excluding hydrogens is 320 g/mol. The van der Waals surface area contributed by atoms with E-state index < -0.39 is 0 Å². The van der Waals surface area contributed by atoms with E-state index in [2.05, 4.69) is 60.7 Å². The molecule has 0 bridgehead atoms. The molecule has 0 saturated carbocycles. The summed E-state index contributed by atoms with van der Waals surface area (Å²) in [5.74, 6) is 1.28. The van der Waals surface area contributed by atoms with E-state index in [9.17, 15) is 4.79 Å². The number of carbonyl (C=O) groups excluding carboxylic acids is 1. The number of benzene rings is 2. The predicted octanol–water partition coefficient (Wildman–Crippen LogP) is 5.08. The summed E-state index contributed by atoms with van der Waals surface area (Å²) in [6.45, 7) is 0. The summed E-state index contributed by atoms with van der Waals surface area (Å²) in [4.78, 5) is 12.4. The van der Waals surface area contributed by atoms with Gasteiger partial charge < -0.3 is 4.74 Å². The van der Waals surface area contributed by atoms with Gasteiger partial charge in [0.1, 0.15) is 11.9 Å². The summed E-state index contributed by atoms with van der Waals surface area (Å²) in [6, 6.07) is 20.9. The first-order chi connectivity index (χ1) is 12.8. The van der Waals surface area contributed by atoms with E-state index in [1.165, 1.54) is 22.3 Å². The lowest BCUT2D eigenvalue weighted by Crippen LogP contribution is -2.18. The van der Waals surface area contributed by atoms with Crippen molar-refractivity contribution in [3.63, 3.8) is 0 Å². The van der Waals surface area contributed by atoms with Gasteiger partial charge in [0, 0.05) is 24.0 Å². The molecule has 5 rings (SSSR count). The van der Waals surface area contributed by atoms with Crippen LogP contribution in [0.5, 0.6) is 0 Å². The number of hydrogen-bond acceptors (Lipinski definition) is 2. The molecule has 1 heterocycles. The quantitative estimate of drug-likeness (QED) is 0.762. The molecule has 0 spiro atoms. The zero-order chi connectivity index (χ0) is 17.5. The van der Waals surface area contributed by atoms with E-state index in [0.29, 0.717) is 6.42 Å². The van der Waals surface area contributed by atoms with Crippen molar-refractivity contribution in [3.8, 4) is 0 Å². The zero-order valence-electron chi connectivity index (χ0n) is 14.5. The number of ketones is 1. The zero-order valence-corrected chi connectivity index (χ0v) is 14.5. The maximum absolute atomic E-state index is 12.4. The van der Waals surface area contributed by atoms with Crippen molar-refractivity contribution < 1.29 is 9.53 Å². The van der Waals surface area contributed by atoms with Crippen LogP contribution in [0.15, 0.2) is 89.7 Å². The Kier molecular flexibility index (Phi) is 3.63. The molecule has 128 valence electrons. The third-order valence-corrected chi connectivity index (χ3v) is 5.54. The summed E-state index contributed by atoms with van der Waals surface area (Å²) in [5.41, 5.74) is 5.66. The number of ether oxygens (including phenoxy) is 1. The number of Topliss-reactive ketones (excluding diaryl/α,β-unsaturated/α-hetero) is 1. The van der Waals surface area contributed by atoms with Gasteiger partial charge >= 0.3 is 0 Å². The van der Waals surface area contributed by atoms with Crippen LogP contribution in [0.2, 0.25) is 0 Å². The molecule has 2 aliphatic carbocycles. The van der Waals surface area contributed by atoms with Crippen molar-refractivity contribution in [2.75, 3.05) is 0 Å². The highest BCUT2D eigenvalue weighted by Crippen LogP contribution is 2.47. The topological polar surface area (TPSA) is 26.3 Å². The number of allylic oxidation sites excluding steroid dienone is 1. The lowest BCUT2D eigenvalue weighted by Gasteiger charge is -2.19.